The van der Waals surface area contributed by atoms with E-state index in [1.807, 2.05) is 12.1 Å². The number of hydrogen-bond donors (Lipinski definition) is 1. The third kappa shape index (κ3) is 3.12. The Labute approximate surface area is 122 Å². The van der Waals surface area contributed by atoms with Gasteiger partial charge >= 0.3 is 0 Å². The van der Waals surface area contributed by atoms with Gasteiger partial charge in [0.25, 0.3) is 0 Å². The van der Waals surface area contributed by atoms with E-state index in [1.54, 1.807) is 0 Å². The van der Waals surface area contributed by atoms with Crippen molar-refractivity contribution in [3.63, 3.8) is 0 Å². The summed E-state index contributed by atoms with van der Waals surface area (Å²) in [6, 6.07) is 8.14. The molecule has 2 nitrogen and oxygen atoms in total. The van der Waals surface area contributed by atoms with Gasteiger partial charge < -0.3 is 5.73 Å². The predicted molar refractivity (Wildman–Crippen MR) is 84.1 cm³/mol. The third-order valence-electron chi connectivity index (χ3n) is 4.77. The van der Waals surface area contributed by atoms with E-state index in [9.17, 15) is 4.79 Å². The van der Waals surface area contributed by atoms with Crippen molar-refractivity contribution in [3.8, 4) is 0 Å². The molecule has 1 saturated carbocycles. The summed E-state index contributed by atoms with van der Waals surface area (Å²) in [6.07, 6.45) is 6.64. The van der Waals surface area contributed by atoms with E-state index in [4.69, 9.17) is 5.73 Å². The fourth-order valence-electron chi connectivity index (χ4n) is 3.25. The van der Waals surface area contributed by atoms with Crippen LogP contribution in [0.15, 0.2) is 24.3 Å². The number of nitrogens with two attached hydrogens (primary N) is 1. The van der Waals surface area contributed by atoms with E-state index in [2.05, 4.69) is 26.0 Å². The van der Waals surface area contributed by atoms with Gasteiger partial charge in [-0.3, -0.25) is 4.79 Å². The van der Waals surface area contributed by atoms with Crippen molar-refractivity contribution in [2.75, 3.05) is 6.54 Å². The van der Waals surface area contributed by atoms with Gasteiger partial charge in [-0.1, -0.05) is 63.8 Å². The van der Waals surface area contributed by atoms with Crippen LogP contribution < -0.4 is 5.73 Å². The predicted octanol–water partition coefficient (Wildman–Crippen LogP) is 4.29. The summed E-state index contributed by atoms with van der Waals surface area (Å²) in [5, 5.41) is 0. The maximum Gasteiger partial charge on any atom is 0.170 e. The first kappa shape index (κ1) is 15.2. The lowest BCUT2D eigenvalue weighted by Crippen LogP contribution is -2.38. The van der Waals surface area contributed by atoms with Crippen LogP contribution in [0.25, 0.3) is 0 Å². The Kier molecular flexibility index (Phi) is 4.98. The lowest BCUT2D eigenvalue weighted by Gasteiger charge is -2.29. The SMILES string of the molecule is CC(C)c1ccc(C(=O)C2(CN)CCCCCC2)cc1. The number of carbonyl (C=O) groups is 1. The topological polar surface area (TPSA) is 43.1 Å². The fourth-order valence-corrected chi connectivity index (χ4v) is 3.25. The summed E-state index contributed by atoms with van der Waals surface area (Å²) in [6.45, 7) is 4.82. The molecule has 0 atom stereocenters. The number of Topliss-reactive ketones (excluding diaryl/α,β-unsaturated/α-hetero) is 1. The Hall–Kier alpha value is -1.15. The Morgan fingerprint density at radius 2 is 1.65 bits per heavy atom. The molecule has 20 heavy (non-hydrogen) atoms. The van der Waals surface area contributed by atoms with Crippen LogP contribution in [-0.4, -0.2) is 12.3 Å². The van der Waals surface area contributed by atoms with Crippen LogP contribution in [-0.2, 0) is 0 Å². The average Bonchev–Trinajstić information content (AvgIpc) is 2.73. The van der Waals surface area contributed by atoms with Crippen molar-refractivity contribution >= 4 is 5.78 Å². The largest absolute Gasteiger partial charge is 0.329 e. The summed E-state index contributed by atoms with van der Waals surface area (Å²) in [4.78, 5) is 12.9. The van der Waals surface area contributed by atoms with Crippen molar-refractivity contribution in [3.05, 3.63) is 35.4 Å². The van der Waals surface area contributed by atoms with Gasteiger partial charge in [0, 0.05) is 17.5 Å². The molecule has 0 unspecified atom stereocenters. The van der Waals surface area contributed by atoms with Crippen LogP contribution in [0, 0.1) is 5.41 Å². The van der Waals surface area contributed by atoms with Crippen LogP contribution in [0.4, 0.5) is 0 Å². The molecule has 1 aromatic rings. The molecule has 1 aliphatic carbocycles. The molecular weight excluding hydrogens is 246 g/mol. The summed E-state index contributed by atoms with van der Waals surface area (Å²) in [7, 11) is 0. The number of benzene rings is 1. The van der Waals surface area contributed by atoms with Crippen molar-refractivity contribution in [2.24, 2.45) is 11.1 Å². The second-order valence-electron chi connectivity index (χ2n) is 6.50. The molecule has 0 aliphatic heterocycles. The van der Waals surface area contributed by atoms with E-state index in [0.29, 0.717) is 12.5 Å². The number of ketones is 1. The fraction of sp³-hybridized carbons (Fsp3) is 0.611. The van der Waals surface area contributed by atoms with Crippen LogP contribution in [0.2, 0.25) is 0 Å². The minimum atomic E-state index is -0.310. The molecule has 0 amide bonds. The van der Waals surface area contributed by atoms with E-state index in [0.717, 1.165) is 31.2 Å². The highest BCUT2D eigenvalue weighted by Crippen LogP contribution is 2.37. The molecule has 1 fully saturated rings. The van der Waals surface area contributed by atoms with Gasteiger partial charge in [0.15, 0.2) is 5.78 Å². The van der Waals surface area contributed by atoms with Crippen LogP contribution in [0.3, 0.4) is 0 Å². The van der Waals surface area contributed by atoms with Gasteiger partial charge in [-0.2, -0.15) is 0 Å². The van der Waals surface area contributed by atoms with Gasteiger partial charge in [-0.25, -0.2) is 0 Å². The third-order valence-corrected chi connectivity index (χ3v) is 4.77. The van der Waals surface area contributed by atoms with Crippen molar-refractivity contribution in [2.45, 2.75) is 58.3 Å². The first-order chi connectivity index (χ1) is 9.59. The van der Waals surface area contributed by atoms with Crippen LogP contribution >= 0.6 is 0 Å². The number of rotatable bonds is 4. The van der Waals surface area contributed by atoms with E-state index in [1.165, 1.54) is 18.4 Å². The Bertz CT molecular complexity index is 439. The van der Waals surface area contributed by atoms with Gasteiger partial charge in [0.1, 0.15) is 0 Å². The highest BCUT2D eigenvalue weighted by molar-refractivity contribution is 6.00. The molecule has 110 valence electrons. The quantitative estimate of drug-likeness (QED) is 0.657. The van der Waals surface area contributed by atoms with E-state index < -0.39 is 0 Å². The molecule has 0 radical (unpaired) electrons. The zero-order chi connectivity index (χ0) is 14.6. The highest BCUT2D eigenvalue weighted by atomic mass is 16.1. The molecule has 1 aliphatic rings. The van der Waals surface area contributed by atoms with Crippen LogP contribution in [0.1, 0.15) is 74.2 Å². The second kappa shape index (κ2) is 6.53. The zero-order valence-corrected chi connectivity index (χ0v) is 12.8. The maximum atomic E-state index is 12.9. The van der Waals surface area contributed by atoms with Crippen LogP contribution in [0.5, 0.6) is 0 Å². The van der Waals surface area contributed by atoms with Crippen molar-refractivity contribution in [1.29, 1.82) is 0 Å². The summed E-state index contributed by atoms with van der Waals surface area (Å²) < 4.78 is 0. The van der Waals surface area contributed by atoms with Gasteiger partial charge in [-0.05, 0) is 24.3 Å². The molecule has 0 aromatic heterocycles. The Morgan fingerprint density at radius 1 is 1.10 bits per heavy atom. The lowest BCUT2D eigenvalue weighted by atomic mass is 9.74. The smallest absolute Gasteiger partial charge is 0.170 e. The number of carbonyl (C=O) groups excluding carboxylic acids is 1. The molecule has 2 rings (SSSR count). The first-order valence-electron chi connectivity index (χ1n) is 7.94. The summed E-state index contributed by atoms with van der Waals surface area (Å²) in [5.41, 5.74) is 7.81. The van der Waals surface area contributed by atoms with E-state index >= 15 is 0 Å². The first-order valence-corrected chi connectivity index (χ1v) is 7.94. The van der Waals surface area contributed by atoms with Gasteiger partial charge in [-0.15, -0.1) is 0 Å². The maximum absolute atomic E-state index is 12.9. The standard InChI is InChI=1S/C18H27NO/c1-14(2)15-7-9-16(10-8-15)17(20)18(13-19)11-5-3-4-6-12-18/h7-10,14H,3-6,11-13,19H2,1-2H3. The summed E-state index contributed by atoms with van der Waals surface area (Å²) in [5.74, 6) is 0.762. The van der Waals surface area contributed by atoms with E-state index in [-0.39, 0.29) is 11.2 Å². The monoisotopic (exact) mass is 273 g/mol. The van der Waals surface area contributed by atoms with Crippen molar-refractivity contribution < 1.29 is 4.79 Å². The number of hydrogen-bond acceptors (Lipinski definition) is 2. The molecule has 0 bridgehead atoms. The average molecular weight is 273 g/mol. The van der Waals surface area contributed by atoms with Crippen molar-refractivity contribution in [1.82, 2.24) is 0 Å². The van der Waals surface area contributed by atoms with Gasteiger partial charge in [0.05, 0.1) is 0 Å². The molecule has 1 aromatic carbocycles. The second-order valence-corrected chi connectivity index (χ2v) is 6.50. The molecule has 0 heterocycles. The minimum Gasteiger partial charge on any atom is -0.329 e. The normalized spacial score (nSPS) is 18.8. The molecule has 0 spiro atoms. The Morgan fingerprint density at radius 3 is 2.10 bits per heavy atom. The minimum absolute atomic E-state index is 0.261. The summed E-state index contributed by atoms with van der Waals surface area (Å²) >= 11 is 0. The Balaban J connectivity index is 2.23. The zero-order valence-electron chi connectivity index (χ0n) is 12.8. The molecule has 2 heteroatoms. The molecule has 0 saturated heterocycles. The molecular formula is C18H27NO. The lowest BCUT2D eigenvalue weighted by molar-refractivity contribution is 0.0774. The van der Waals surface area contributed by atoms with Gasteiger partial charge in [0.2, 0.25) is 0 Å². The molecule has 2 N–H and O–H groups in total. The highest BCUT2D eigenvalue weighted by Gasteiger charge is 2.37.